The number of hydrogen-bond donors (Lipinski definition) is 3. The van der Waals surface area contributed by atoms with E-state index >= 15 is 0 Å². The molecule has 0 saturated heterocycles. The van der Waals surface area contributed by atoms with Gasteiger partial charge in [0.1, 0.15) is 0 Å². The fourth-order valence-corrected chi connectivity index (χ4v) is 2.82. The minimum absolute atomic E-state index is 0.128. The van der Waals surface area contributed by atoms with E-state index in [1.807, 2.05) is 41.5 Å². The summed E-state index contributed by atoms with van der Waals surface area (Å²) in [5.74, 6) is 0.231. The maximum atomic E-state index is 11.8. The molecule has 0 unspecified atom stereocenters. The van der Waals surface area contributed by atoms with Gasteiger partial charge < -0.3 is 0 Å². The Bertz CT molecular complexity index is 452. The first-order chi connectivity index (χ1) is 10.6. The maximum absolute atomic E-state index is 11.8. The quantitative estimate of drug-likeness (QED) is 0.434. The highest BCUT2D eigenvalue weighted by Gasteiger charge is 2.33. The van der Waals surface area contributed by atoms with Crippen molar-refractivity contribution in [1.82, 2.24) is 0 Å². The van der Waals surface area contributed by atoms with Crippen LogP contribution in [0.4, 0.5) is 0 Å². The van der Waals surface area contributed by atoms with E-state index in [0.717, 1.165) is 12.8 Å². The third-order valence-electron chi connectivity index (χ3n) is 4.89. The molecule has 6 heteroatoms. The van der Waals surface area contributed by atoms with Crippen molar-refractivity contribution in [3.63, 3.8) is 0 Å². The second-order valence-electron chi connectivity index (χ2n) is 8.71. The Kier molecular flexibility index (Phi) is 9.15. The number of carbonyl (C=O) groups is 3. The molecule has 0 aromatic rings. The van der Waals surface area contributed by atoms with Crippen LogP contribution in [0.5, 0.6) is 0 Å². The van der Waals surface area contributed by atoms with Crippen LogP contribution in [0.3, 0.4) is 0 Å². The molecule has 0 aliphatic rings. The maximum Gasteiger partial charge on any atom is 0.191 e. The van der Waals surface area contributed by atoms with Gasteiger partial charge in [-0.25, -0.2) is 0 Å². The first-order valence-electron chi connectivity index (χ1n) is 8.32. The Morgan fingerprint density at radius 1 is 0.667 bits per heavy atom. The third-order valence-corrected chi connectivity index (χ3v) is 6.71. The predicted molar refractivity (Wildman–Crippen MR) is 110 cm³/mol. The molecule has 0 spiro atoms. The van der Waals surface area contributed by atoms with Gasteiger partial charge in [-0.2, -0.15) is 0 Å². The van der Waals surface area contributed by atoms with Gasteiger partial charge in [0.15, 0.2) is 15.3 Å². The predicted octanol–water partition coefficient (Wildman–Crippen LogP) is 5.00. The average Bonchev–Trinajstić information content (AvgIpc) is 2.41. The normalized spacial score (nSPS) is 13.2. The zero-order valence-corrected chi connectivity index (χ0v) is 18.4. The van der Waals surface area contributed by atoms with Crippen LogP contribution in [0.15, 0.2) is 0 Å². The molecule has 3 nitrogen and oxygen atoms in total. The molecule has 140 valence electrons. The number of thiol groups is 3. The van der Waals surface area contributed by atoms with E-state index in [-0.39, 0.29) is 21.3 Å². The van der Waals surface area contributed by atoms with E-state index in [1.165, 1.54) is 0 Å². The molecule has 24 heavy (non-hydrogen) atoms. The van der Waals surface area contributed by atoms with Crippen molar-refractivity contribution in [2.45, 2.75) is 73.6 Å². The number of carbonyl (C=O) groups excluding carboxylic acids is 3. The summed E-state index contributed by atoms with van der Waals surface area (Å²) in [6, 6.07) is 0. The molecule has 0 aliphatic carbocycles. The summed E-state index contributed by atoms with van der Waals surface area (Å²) in [6.45, 7) is 11.3. The minimum atomic E-state index is -0.530. The van der Waals surface area contributed by atoms with Gasteiger partial charge in [-0.3, -0.25) is 14.4 Å². The van der Waals surface area contributed by atoms with Crippen LogP contribution in [0, 0.1) is 22.2 Å². The number of hydrogen-bond acceptors (Lipinski definition) is 3. The Labute approximate surface area is 163 Å². The molecule has 0 aromatic heterocycles. The summed E-state index contributed by atoms with van der Waals surface area (Å²) in [5.41, 5.74) is -1.52. The molecular formula is C18H32O3S3. The summed E-state index contributed by atoms with van der Waals surface area (Å²) in [5, 5.41) is -0.394. The van der Waals surface area contributed by atoms with Crippen molar-refractivity contribution in [3.05, 3.63) is 0 Å². The minimum Gasteiger partial charge on any atom is -0.287 e. The highest BCUT2D eigenvalue weighted by molar-refractivity contribution is 7.97. The van der Waals surface area contributed by atoms with Crippen LogP contribution in [0.25, 0.3) is 0 Å². The highest BCUT2D eigenvalue weighted by Crippen LogP contribution is 2.38. The lowest BCUT2D eigenvalue weighted by Crippen LogP contribution is -2.27. The molecule has 0 heterocycles. The lowest BCUT2D eigenvalue weighted by molar-refractivity contribution is -0.120. The van der Waals surface area contributed by atoms with Crippen molar-refractivity contribution in [1.29, 1.82) is 0 Å². The molecule has 0 amide bonds. The smallest absolute Gasteiger partial charge is 0.191 e. The summed E-state index contributed by atoms with van der Waals surface area (Å²) in [6.07, 6.45) is 3.70. The Morgan fingerprint density at radius 2 is 0.958 bits per heavy atom. The SMILES string of the molecule is CC(C)(CCC(CCC(C)(C)C(=O)S)CC(C)(C)C(=O)S)C(=O)S. The van der Waals surface area contributed by atoms with Crippen LogP contribution in [0.2, 0.25) is 0 Å². The van der Waals surface area contributed by atoms with Gasteiger partial charge in [0.25, 0.3) is 0 Å². The van der Waals surface area contributed by atoms with E-state index in [1.54, 1.807) is 0 Å². The van der Waals surface area contributed by atoms with Crippen LogP contribution in [-0.2, 0) is 14.4 Å². The van der Waals surface area contributed by atoms with Crippen molar-refractivity contribution in [2.75, 3.05) is 0 Å². The van der Waals surface area contributed by atoms with Crippen molar-refractivity contribution in [3.8, 4) is 0 Å². The fraction of sp³-hybridized carbons (Fsp3) is 0.833. The largest absolute Gasteiger partial charge is 0.287 e. The van der Waals surface area contributed by atoms with Crippen LogP contribution in [0.1, 0.15) is 73.6 Å². The summed E-state index contributed by atoms with van der Waals surface area (Å²) >= 11 is 11.9. The van der Waals surface area contributed by atoms with Crippen molar-refractivity contribution < 1.29 is 14.4 Å². The highest BCUT2D eigenvalue weighted by atomic mass is 32.1. The molecule has 0 atom stereocenters. The summed E-state index contributed by atoms with van der Waals surface area (Å²) in [7, 11) is 0. The molecule has 0 radical (unpaired) electrons. The zero-order valence-electron chi connectivity index (χ0n) is 15.7. The lowest BCUT2D eigenvalue weighted by Gasteiger charge is -2.31. The van der Waals surface area contributed by atoms with E-state index in [9.17, 15) is 14.4 Å². The summed E-state index contributed by atoms with van der Waals surface area (Å²) < 4.78 is 0. The van der Waals surface area contributed by atoms with Crippen LogP contribution < -0.4 is 0 Å². The Morgan fingerprint density at radius 3 is 1.21 bits per heavy atom. The van der Waals surface area contributed by atoms with E-state index < -0.39 is 16.2 Å². The van der Waals surface area contributed by atoms with E-state index in [0.29, 0.717) is 19.3 Å². The second kappa shape index (κ2) is 9.13. The molecule has 0 aliphatic heterocycles. The number of rotatable bonds is 11. The molecule has 0 rings (SSSR count). The monoisotopic (exact) mass is 392 g/mol. The van der Waals surface area contributed by atoms with Crippen molar-refractivity contribution in [2.24, 2.45) is 22.2 Å². The van der Waals surface area contributed by atoms with Gasteiger partial charge in [0.2, 0.25) is 0 Å². The van der Waals surface area contributed by atoms with Crippen LogP contribution in [-0.4, -0.2) is 15.3 Å². The Balaban J connectivity index is 5.06. The standard InChI is InChI=1S/C18H32O3S3/c1-16(2,13(19)22)9-7-12(11-18(5,6)15(21)24)8-10-17(3,4)14(20)23/h12H,7-11H2,1-6H3,(H,19,22)(H,20,23)(H,21,24). The first-order valence-corrected chi connectivity index (χ1v) is 9.66. The molecular weight excluding hydrogens is 360 g/mol. The van der Waals surface area contributed by atoms with Gasteiger partial charge in [-0.05, 0) is 38.0 Å². The van der Waals surface area contributed by atoms with Gasteiger partial charge in [-0.1, -0.05) is 41.5 Å². The van der Waals surface area contributed by atoms with Crippen molar-refractivity contribution >= 4 is 53.2 Å². The average molecular weight is 393 g/mol. The third kappa shape index (κ3) is 7.96. The second-order valence-corrected chi connectivity index (χ2v) is 9.93. The van der Waals surface area contributed by atoms with Crippen LogP contribution >= 0.6 is 37.9 Å². The summed E-state index contributed by atoms with van der Waals surface area (Å²) in [4.78, 5) is 35.0. The fourth-order valence-electron chi connectivity index (χ4n) is 2.50. The molecule has 0 aromatic carbocycles. The molecule has 0 saturated carbocycles. The Hall–Kier alpha value is 0.0600. The van der Waals surface area contributed by atoms with Gasteiger partial charge in [-0.15, -0.1) is 37.9 Å². The van der Waals surface area contributed by atoms with E-state index in [2.05, 4.69) is 37.9 Å². The first kappa shape index (κ1) is 24.1. The van der Waals surface area contributed by atoms with Gasteiger partial charge >= 0.3 is 0 Å². The zero-order chi connectivity index (χ0) is 19.3. The van der Waals surface area contributed by atoms with Gasteiger partial charge in [0, 0.05) is 16.2 Å². The van der Waals surface area contributed by atoms with E-state index in [4.69, 9.17) is 0 Å². The molecule has 0 fully saturated rings. The molecule has 0 bridgehead atoms. The van der Waals surface area contributed by atoms with Gasteiger partial charge in [0.05, 0.1) is 0 Å². The molecule has 0 N–H and O–H groups in total. The topological polar surface area (TPSA) is 51.2 Å². The lowest BCUT2D eigenvalue weighted by atomic mass is 9.75.